The van der Waals surface area contributed by atoms with Gasteiger partial charge in [0.05, 0.1) is 5.69 Å². The fourth-order valence-electron chi connectivity index (χ4n) is 3.96. The highest BCUT2D eigenvalue weighted by Crippen LogP contribution is 2.44. The van der Waals surface area contributed by atoms with Crippen molar-refractivity contribution in [1.82, 2.24) is 5.16 Å². The van der Waals surface area contributed by atoms with Crippen LogP contribution in [0.25, 0.3) is 11.1 Å². The Morgan fingerprint density at radius 3 is 2.15 bits per heavy atom. The molecule has 140 valence electrons. The van der Waals surface area contributed by atoms with Crippen molar-refractivity contribution in [3.63, 3.8) is 0 Å². The van der Waals surface area contributed by atoms with E-state index < -0.39 is 0 Å². The number of hydrogen-bond donors (Lipinski definition) is 0. The Balaban J connectivity index is 1.20. The minimum absolute atomic E-state index is 0.0899. The van der Waals surface area contributed by atoms with Crippen LogP contribution in [0.1, 0.15) is 60.8 Å². The molecule has 0 unspecified atom stereocenters. The fourth-order valence-corrected chi connectivity index (χ4v) is 3.96. The maximum atomic E-state index is 6.31. The van der Waals surface area contributed by atoms with E-state index in [4.69, 9.17) is 9.26 Å². The molecule has 0 saturated carbocycles. The predicted molar refractivity (Wildman–Crippen MR) is 108 cm³/mol. The first-order chi connectivity index (χ1) is 13.3. The molecule has 4 rings (SSSR count). The Kier molecular flexibility index (Phi) is 5.69. The zero-order valence-electron chi connectivity index (χ0n) is 16.0. The molecule has 0 atom stereocenters. The quantitative estimate of drug-likeness (QED) is 0.422. The summed E-state index contributed by atoms with van der Waals surface area (Å²) in [6.07, 6.45) is 7.05. The van der Waals surface area contributed by atoms with Crippen LogP contribution in [0.4, 0.5) is 0 Å². The number of aryl methyl sites for hydroxylation is 2. The maximum absolute atomic E-state index is 6.31. The third kappa shape index (κ3) is 4.14. The number of hydrogen-bond acceptors (Lipinski definition) is 3. The molecule has 0 spiro atoms. The average Bonchev–Trinajstić information content (AvgIpc) is 3.25. The van der Waals surface area contributed by atoms with E-state index in [1.165, 1.54) is 47.9 Å². The molecule has 1 aromatic heterocycles. The van der Waals surface area contributed by atoms with E-state index >= 15 is 0 Å². The van der Waals surface area contributed by atoms with Gasteiger partial charge in [-0.05, 0) is 42.0 Å². The van der Waals surface area contributed by atoms with Gasteiger partial charge in [-0.3, -0.25) is 0 Å². The Labute approximate surface area is 161 Å². The van der Waals surface area contributed by atoms with Crippen LogP contribution in [-0.4, -0.2) is 11.8 Å². The van der Waals surface area contributed by atoms with Crippen LogP contribution in [0.3, 0.4) is 0 Å². The zero-order chi connectivity index (χ0) is 18.5. The lowest BCUT2D eigenvalue weighted by Crippen LogP contribution is -2.04. The zero-order valence-corrected chi connectivity index (χ0v) is 16.0. The van der Waals surface area contributed by atoms with Gasteiger partial charge in [-0.25, -0.2) is 0 Å². The number of benzene rings is 2. The number of nitrogens with zero attached hydrogens (tertiary/aromatic N) is 1. The van der Waals surface area contributed by atoms with E-state index in [-0.39, 0.29) is 6.10 Å². The molecule has 3 nitrogen and oxygen atoms in total. The third-order valence-corrected chi connectivity index (χ3v) is 5.31. The molecule has 1 aliphatic carbocycles. The van der Waals surface area contributed by atoms with Crippen LogP contribution in [0.5, 0.6) is 0 Å². The van der Waals surface area contributed by atoms with E-state index in [2.05, 4.69) is 53.7 Å². The minimum Gasteiger partial charge on any atom is -0.369 e. The van der Waals surface area contributed by atoms with Crippen molar-refractivity contribution in [3.05, 3.63) is 77.2 Å². The van der Waals surface area contributed by atoms with E-state index in [9.17, 15) is 0 Å². The Hall–Kier alpha value is -2.39. The Bertz CT molecular complexity index is 838. The van der Waals surface area contributed by atoms with Gasteiger partial charge in [0.2, 0.25) is 0 Å². The second kappa shape index (κ2) is 8.53. The maximum Gasteiger partial charge on any atom is 0.136 e. The molecule has 3 heteroatoms. The van der Waals surface area contributed by atoms with Gasteiger partial charge in [0.25, 0.3) is 0 Å². The third-order valence-electron chi connectivity index (χ3n) is 5.31. The number of ether oxygens (including phenoxy) is 1. The van der Waals surface area contributed by atoms with Crippen LogP contribution < -0.4 is 0 Å². The highest BCUT2D eigenvalue weighted by atomic mass is 16.5. The monoisotopic (exact) mass is 361 g/mol. The SMILES string of the molecule is Cc1cc(CCCCCCCOC2c3ccccc3-c3ccccc32)on1. The molecule has 0 bridgehead atoms. The normalized spacial score (nSPS) is 12.9. The van der Waals surface area contributed by atoms with E-state index in [1.807, 2.05) is 13.0 Å². The molecular formula is C24H27NO2. The molecule has 1 aliphatic rings. The molecule has 27 heavy (non-hydrogen) atoms. The second-order valence-corrected chi connectivity index (χ2v) is 7.38. The highest BCUT2D eigenvalue weighted by molar-refractivity contribution is 5.77. The molecular weight excluding hydrogens is 334 g/mol. The predicted octanol–water partition coefficient (Wildman–Crippen LogP) is 6.26. The van der Waals surface area contributed by atoms with Gasteiger partial charge in [-0.1, -0.05) is 73.0 Å². The molecule has 2 aromatic carbocycles. The van der Waals surface area contributed by atoms with Crippen LogP contribution in [0.15, 0.2) is 59.1 Å². The van der Waals surface area contributed by atoms with E-state index in [0.29, 0.717) is 0 Å². The minimum atomic E-state index is 0.0899. The smallest absolute Gasteiger partial charge is 0.136 e. The lowest BCUT2D eigenvalue weighted by atomic mass is 10.1. The van der Waals surface area contributed by atoms with Gasteiger partial charge < -0.3 is 9.26 Å². The summed E-state index contributed by atoms with van der Waals surface area (Å²) in [6, 6.07) is 19.3. The van der Waals surface area contributed by atoms with Crippen LogP contribution in [-0.2, 0) is 11.2 Å². The van der Waals surface area contributed by atoms with Gasteiger partial charge in [0, 0.05) is 19.1 Å². The first-order valence-corrected chi connectivity index (χ1v) is 10.0. The topological polar surface area (TPSA) is 35.3 Å². The number of aromatic nitrogens is 1. The summed E-state index contributed by atoms with van der Waals surface area (Å²) in [6.45, 7) is 2.78. The summed E-state index contributed by atoms with van der Waals surface area (Å²) in [5.41, 5.74) is 6.22. The van der Waals surface area contributed by atoms with Gasteiger partial charge >= 0.3 is 0 Å². The van der Waals surface area contributed by atoms with E-state index in [1.54, 1.807) is 0 Å². The van der Waals surface area contributed by atoms with Crippen LogP contribution in [0.2, 0.25) is 0 Å². The standard InChI is InChI=1S/C24H27NO2/c1-18-17-19(27-25-18)11-5-3-2-4-10-16-26-24-22-14-8-6-12-20(22)21-13-7-9-15-23(21)24/h6-9,12-15,17,24H,2-5,10-11,16H2,1H3. The van der Waals surface area contributed by atoms with Crippen LogP contribution in [0, 0.1) is 6.92 Å². The van der Waals surface area contributed by atoms with Gasteiger partial charge in [-0.2, -0.15) is 0 Å². The van der Waals surface area contributed by atoms with Crippen molar-refractivity contribution in [3.8, 4) is 11.1 Å². The first-order valence-electron chi connectivity index (χ1n) is 10.0. The molecule has 0 fully saturated rings. The molecule has 0 radical (unpaired) electrons. The van der Waals surface area contributed by atoms with Crippen molar-refractivity contribution >= 4 is 0 Å². The summed E-state index contributed by atoms with van der Waals surface area (Å²) < 4.78 is 11.6. The Morgan fingerprint density at radius 1 is 0.852 bits per heavy atom. The summed E-state index contributed by atoms with van der Waals surface area (Å²) >= 11 is 0. The summed E-state index contributed by atoms with van der Waals surface area (Å²) in [4.78, 5) is 0. The molecule has 0 N–H and O–H groups in total. The molecule has 0 amide bonds. The van der Waals surface area contributed by atoms with E-state index in [0.717, 1.165) is 30.9 Å². The van der Waals surface area contributed by atoms with Gasteiger partial charge in [0.15, 0.2) is 0 Å². The summed E-state index contributed by atoms with van der Waals surface area (Å²) in [7, 11) is 0. The Morgan fingerprint density at radius 2 is 1.48 bits per heavy atom. The van der Waals surface area contributed by atoms with Crippen molar-refractivity contribution in [2.45, 2.75) is 51.6 Å². The second-order valence-electron chi connectivity index (χ2n) is 7.38. The first kappa shape index (κ1) is 18.0. The molecule has 0 saturated heterocycles. The average molecular weight is 361 g/mol. The molecule has 0 aliphatic heterocycles. The summed E-state index contributed by atoms with van der Waals surface area (Å²) in [5, 5.41) is 3.93. The number of unbranched alkanes of at least 4 members (excludes halogenated alkanes) is 4. The van der Waals surface area contributed by atoms with Crippen molar-refractivity contribution in [2.75, 3.05) is 6.61 Å². The fraction of sp³-hybridized carbons (Fsp3) is 0.375. The van der Waals surface area contributed by atoms with Crippen molar-refractivity contribution in [2.24, 2.45) is 0 Å². The number of fused-ring (bicyclic) bond motifs is 3. The van der Waals surface area contributed by atoms with Crippen molar-refractivity contribution < 1.29 is 9.26 Å². The van der Waals surface area contributed by atoms with Crippen molar-refractivity contribution in [1.29, 1.82) is 0 Å². The van der Waals surface area contributed by atoms with Crippen LogP contribution >= 0.6 is 0 Å². The van der Waals surface area contributed by atoms with Gasteiger partial charge in [-0.15, -0.1) is 0 Å². The lowest BCUT2D eigenvalue weighted by Gasteiger charge is -2.15. The highest BCUT2D eigenvalue weighted by Gasteiger charge is 2.28. The lowest BCUT2D eigenvalue weighted by molar-refractivity contribution is 0.0796. The van der Waals surface area contributed by atoms with Gasteiger partial charge in [0.1, 0.15) is 11.9 Å². The molecule has 3 aromatic rings. The number of rotatable bonds is 9. The largest absolute Gasteiger partial charge is 0.369 e. The molecule has 1 heterocycles. The summed E-state index contributed by atoms with van der Waals surface area (Å²) in [5.74, 6) is 1.01.